The minimum Gasteiger partial charge on any atom is -0.397 e. The van der Waals surface area contributed by atoms with E-state index in [9.17, 15) is 4.79 Å². The van der Waals surface area contributed by atoms with Gasteiger partial charge in [-0.25, -0.2) is 0 Å². The first-order valence-corrected chi connectivity index (χ1v) is 8.80. The van der Waals surface area contributed by atoms with Crippen LogP contribution in [0, 0.1) is 5.41 Å². The van der Waals surface area contributed by atoms with Gasteiger partial charge in [0.05, 0.1) is 23.5 Å². The molecule has 0 aromatic carbocycles. The quantitative estimate of drug-likeness (QED) is 0.886. The van der Waals surface area contributed by atoms with Crippen molar-refractivity contribution in [1.29, 1.82) is 0 Å². The molecule has 6 heteroatoms. The molecular formula is C19H23N5O. The Labute approximate surface area is 147 Å². The Hall–Kier alpha value is -2.47. The van der Waals surface area contributed by atoms with Gasteiger partial charge in [-0.05, 0) is 42.5 Å². The van der Waals surface area contributed by atoms with Gasteiger partial charge in [0, 0.05) is 44.1 Å². The molecule has 6 nitrogen and oxygen atoms in total. The number of nitrogens with one attached hydrogen (secondary N) is 1. The molecule has 0 radical (unpaired) electrons. The molecule has 1 amide bonds. The Morgan fingerprint density at radius 1 is 1.24 bits per heavy atom. The number of nitrogens with two attached hydrogens (primary N) is 1. The number of amides is 1. The third-order valence-corrected chi connectivity index (χ3v) is 5.46. The number of piperidine rings is 1. The average molecular weight is 337 g/mol. The zero-order valence-electron chi connectivity index (χ0n) is 14.2. The van der Waals surface area contributed by atoms with Gasteiger partial charge < -0.3 is 16.0 Å². The highest BCUT2D eigenvalue weighted by Crippen LogP contribution is 2.35. The molecule has 3 N–H and O–H groups in total. The van der Waals surface area contributed by atoms with Crippen LogP contribution in [0.4, 0.5) is 5.69 Å². The highest BCUT2D eigenvalue weighted by Gasteiger charge is 2.40. The van der Waals surface area contributed by atoms with Crippen molar-refractivity contribution >= 4 is 11.6 Å². The minimum atomic E-state index is 0.115. The number of anilines is 1. The van der Waals surface area contributed by atoms with Gasteiger partial charge in [0.1, 0.15) is 0 Å². The molecular weight excluding hydrogens is 314 g/mol. The zero-order chi connectivity index (χ0) is 17.3. The van der Waals surface area contributed by atoms with E-state index in [0.717, 1.165) is 50.3 Å². The van der Waals surface area contributed by atoms with Crippen LogP contribution in [-0.4, -0.2) is 47.0 Å². The van der Waals surface area contributed by atoms with Crippen LogP contribution < -0.4 is 11.1 Å². The molecule has 2 aromatic heterocycles. The number of hydrogen-bond acceptors (Lipinski definition) is 5. The van der Waals surface area contributed by atoms with Crippen LogP contribution in [0.5, 0.6) is 0 Å². The maximum Gasteiger partial charge on any atom is 0.228 e. The van der Waals surface area contributed by atoms with E-state index >= 15 is 0 Å². The summed E-state index contributed by atoms with van der Waals surface area (Å²) >= 11 is 0. The topological polar surface area (TPSA) is 84.1 Å². The fourth-order valence-corrected chi connectivity index (χ4v) is 3.65. The summed E-state index contributed by atoms with van der Waals surface area (Å²) in [6.45, 7) is 3.86. The summed E-state index contributed by atoms with van der Waals surface area (Å²) in [5, 5.41) is 3.35. The van der Waals surface area contributed by atoms with Crippen LogP contribution >= 0.6 is 0 Å². The van der Waals surface area contributed by atoms with E-state index in [1.165, 1.54) is 0 Å². The minimum absolute atomic E-state index is 0.115. The summed E-state index contributed by atoms with van der Waals surface area (Å²) < 4.78 is 0. The van der Waals surface area contributed by atoms with E-state index in [1.54, 1.807) is 12.4 Å². The first kappa shape index (κ1) is 16.0. The van der Waals surface area contributed by atoms with Crippen molar-refractivity contribution in [2.45, 2.75) is 19.3 Å². The molecule has 2 fully saturated rings. The normalized spacial score (nSPS) is 18.8. The van der Waals surface area contributed by atoms with Crippen LogP contribution in [0.3, 0.4) is 0 Å². The summed E-state index contributed by atoms with van der Waals surface area (Å²) in [4.78, 5) is 23.4. The summed E-state index contributed by atoms with van der Waals surface area (Å²) in [6, 6.07) is 7.52. The van der Waals surface area contributed by atoms with Gasteiger partial charge in [0.15, 0.2) is 0 Å². The van der Waals surface area contributed by atoms with Gasteiger partial charge in [-0.15, -0.1) is 0 Å². The van der Waals surface area contributed by atoms with Crippen molar-refractivity contribution in [3.63, 3.8) is 0 Å². The number of nitrogen functional groups attached to an aromatic ring is 1. The molecule has 0 bridgehead atoms. The maximum atomic E-state index is 12.7. The van der Waals surface area contributed by atoms with E-state index in [4.69, 9.17) is 5.73 Å². The fourth-order valence-electron chi connectivity index (χ4n) is 3.65. The van der Waals surface area contributed by atoms with Crippen molar-refractivity contribution in [2.75, 3.05) is 31.9 Å². The first-order chi connectivity index (χ1) is 12.2. The van der Waals surface area contributed by atoms with E-state index in [-0.39, 0.29) is 12.3 Å². The monoisotopic (exact) mass is 337 g/mol. The third kappa shape index (κ3) is 3.22. The molecule has 2 saturated heterocycles. The number of pyridine rings is 2. The van der Waals surface area contributed by atoms with Crippen molar-refractivity contribution in [3.05, 3.63) is 42.4 Å². The molecule has 0 atom stereocenters. The number of likely N-dealkylation sites (tertiary alicyclic amines) is 1. The lowest BCUT2D eigenvalue weighted by Crippen LogP contribution is -2.58. The molecule has 2 aliphatic heterocycles. The van der Waals surface area contributed by atoms with Crippen molar-refractivity contribution in [1.82, 2.24) is 20.2 Å². The largest absolute Gasteiger partial charge is 0.397 e. The van der Waals surface area contributed by atoms with Gasteiger partial charge in [0.25, 0.3) is 0 Å². The molecule has 0 aliphatic carbocycles. The maximum absolute atomic E-state index is 12.7. The number of carbonyl (C=O) groups is 1. The third-order valence-electron chi connectivity index (χ3n) is 5.46. The first-order valence-electron chi connectivity index (χ1n) is 8.80. The van der Waals surface area contributed by atoms with Gasteiger partial charge in [0.2, 0.25) is 5.91 Å². The van der Waals surface area contributed by atoms with E-state index in [1.807, 2.05) is 29.2 Å². The summed E-state index contributed by atoms with van der Waals surface area (Å²) in [7, 11) is 0. The van der Waals surface area contributed by atoms with Crippen LogP contribution in [0.2, 0.25) is 0 Å². The standard InChI is InChI=1S/C19H23N5O/c20-15-3-4-16(14-2-1-7-21-11-14)23-17(15)10-18(25)24-8-5-19(6-9-24)12-22-13-19/h1-4,7,11,22H,5-6,8-10,12-13,20H2. The number of hydrogen-bond donors (Lipinski definition) is 2. The van der Waals surface area contributed by atoms with E-state index in [2.05, 4.69) is 15.3 Å². The zero-order valence-corrected chi connectivity index (χ0v) is 14.2. The van der Waals surface area contributed by atoms with Crippen LogP contribution in [0.1, 0.15) is 18.5 Å². The fraction of sp³-hybridized carbons (Fsp3) is 0.421. The molecule has 1 spiro atoms. The van der Waals surface area contributed by atoms with Crippen molar-refractivity contribution in [2.24, 2.45) is 5.41 Å². The van der Waals surface area contributed by atoms with E-state index < -0.39 is 0 Å². The van der Waals surface area contributed by atoms with Crippen LogP contribution in [0.15, 0.2) is 36.7 Å². The molecule has 25 heavy (non-hydrogen) atoms. The molecule has 0 saturated carbocycles. The molecule has 4 rings (SSSR count). The molecule has 0 unspecified atom stereocenters. The second-order valence-corrected chi connectivity index (χ2v) is 7.14. The average Bonchev–Trinajstić information content (AvgIpc) is 2.63. The smallest absolute Gasteiger partial charge is 0.228 e. The second kappa shape index (κ2) is 6.44. The van der Waals surface area contributed by atoms with E-state index in [0.29, 0.717) is 16.8 Å². The molecule has 4 heterocycles. The Morgan fingerprint density at radius 2 is 2.04 bits per heavy atom. The Balaban J connectivity index is 1.46. The molecule has 2 aromatic rings. The summed E-state index contributed by atoms with van der Waals surface area (Å²) in [5.41, 5.74) is 9.44. The highest BCUT2D eigenvalue weighted by molar-refractivity contribution is 5.80. The Morgan fingerprint density at radius 3 is 2.68 bits per heavy atom. The summed E-state index contributed by atoms with van der Waals surface area (Å²) in [5.74, 6) is 0.115. The van der Waals surface area contributed by atoms with Gasteiger partial charge in [-0.2, -0.15) is 0 Å². The number of rotatable bonds is 3. The predicted octanol–water partition coefficient (Wildman–Crippen LogP) is 1.48. The van der Waals surface area contributed by atoms with Crippen LogP contribution in [-0.2, 0) is 11.2 Å². The Bertz CT molecular complexity index is 763. The number of aromatic nitrogens is 2. The number of carbonyl (C=O) groups excluding carboxylic acids is 1. The van der Waals surface area contributed by atoms with Gasteiger partial charge >= 0.3 is 0 Å². The molecule has 130 valence electrons. The lowest BCUT2D eigenvalue weighted by molar-refractivity contribution is -0.133. The van der Waals surface area contributed by atoms with Crippen LogP contribution in [0.25, 0.3) is 11.3 Å². The van der Waals surface area contributed by atoms with Crippen molar-refractivity contribution in [3.8, 4) is 11.3 Å². The SMILES string of the molecule is Nc1ccc(-c2cccnc2)nc1CC(=O)N1CCC2(CC1)CNC2. The van der Waals surface area contributed by atoms with Crippen molar-refractivity contribution < 1.29 is 4.79 Å². The second-order valence-electron chi connectivity index (χ2n) is 7.14. The molecule has 2 aliphatic rings. The summed E-state index contributed by atoms with van der Waals surface area (Å²) in [6.07, 6.45) is 5.92. The number of nitrogens with zero attached hydrogens (tertiary/aromatic N) is 3. The predicted molar refractivity (Wildman–Crippen MR) is 96.7 cm³/mol. The lowest BCUT2D eigenvalue weighted by Gasteiger charge is -2.48. The van der Waals surface area contributed by atoms with Gasteiger partial charge in [-0.1, -0.05) is 0 Å². The highest BCUT2D eigenvalue weighted by atomic mass is 16.2. The van der Waals surface area contributed by atoms with Gasteiger partial charge in [-0.3, -0.25) is 14.8 Å². The lowest BCUT2D eigenvalue weighted by atomic mass is 9.73. The Kier molecular flexibility index (Phi) is 4.13.